The molecule has 6 saturated heterocycles. The van der Waals surface area contributed by atoms with Crippen molar-refractivity contribution in [1.29, 1.82) is 0 Å². The minimum Gasteiger partial charge on any atom is -0.393 e. The molecule has 0 aromatic heterocycles. The molecule has 12 bridgehead atoms. The second-order valence-electron chi connectivity index (χ2n) is 17.0. The molecule has 6 heterocycles. The van der Waals surface area contributed by atoms with Gasteiger partial charge in [0.05, 0.1) is 71.0 Å². The van der Waals surface area contributed by atoms with E-state index in [9.17, 15) is 57.5 Å². The van der Waals surface area contributed by atoms with Gasteiger partial charge in [0, 0.05) is 0 Å². The molecule has 6 aliphatic heterocycles. The maximum atomic E-state index is 11.9. The van der Waals surface area contributed by atoms with Crippen LogP contribution >= 0.6 is 0 Å². The molecule has 55 heavy (non-hydrogen) atoms. The van der Waals surface area contributed by atoms with E-state index in [-0.39, 0.29) is 53.3 Å². The molecule has 0 amide bonds. The number of hydrogen-bond donors (Lipinski definition) is 0. The van der Waals surface area contributed by atoms with Gasteiger partial charge in [-0.2, -0.15) is 0 Å². The predicted molar refractivity (Wildman–Crippen MR) is 162 cm³/mol. The first-order valence-corrected chi connectivity index (χ1v) is 18.7. The van der Waals surface area contributed by atoms with Crippen molar-refractivity contribution in [3.63, 3.8) is 0 Å². The van der Waals surface area contributed by atoms with E-state index >= 15 is 0 Å². The zero-order valence-corrected chi connectivity index (χ0v) is 28.7. The lowest BCUT2D eigenvalue weighted by Crippen LogP contribution is -2.47. The third-order valence-corrected chi connectivity index (χ3v) is 15.1. The zero-order chi connectivity index (χ0) is 38.5. The summed E-state index contributed by atoms with van der Waals surface area (Å²) in [5.74, 6) is -12.6. The Hall–Kier alpha value is -5.16. The molecule has 12 fully saturated rings. The molecule has 0 aromatic rings. The third-order valence-electron chi connectivity index (χ3n) is 15.1. The van der Waals surface area contributed by atoms with E-state index in [0.29, 0.717) is 44.9 Å². The van der Waals surface area contributed by atoms with Crippen LogP contribution in [0.5, 0.6) is 0 Å². The van der Waals surface area contributed by atoms with Crippen molar-refractivity contribution >= 4 is 71.6 Å². The monoisotopic (exact) mass is 764 g/mol. The lowest BCUT2D eigenvalue weighted by Gasteiger charge is -2.40. The number of cyclic esters (lactones) is 12. The normalized spacial score (nSPS) is 48.4. The second-order valence-corrected chi connectivity index (χ2v) is 17.0. The summed E-state index contributed by atoms with van der Waals surface area (Å²) in [6.45, 7) is 0. The Bertz CT molecular complexity index is 1720. The first kappa shape index (κ1) is 34.3. The largest absolute Gasteiger partial charge is 0.393 e. The molecule has 6 saturated carbocycles. The maximum Gasteiger partial charge on any atom is 0.316 e. The highest BCUT2D eigenvalue weighted by atomic mass is 16.6. The number of rotatable bonds is 0. The number of carbonyl (C=O) groups excluding carboxylic acids is 12. The molecule has 12 aliphatic rings. The van der Waals surface area contributed by atoms with Gasteiger partial charge in [-0.15, -0.1) is 0 Å². The van der Waals surface area contributed by atoms with Crippen LogP contribution in [0.2, 0.25) is 0 Å². The van der Waals surface area contributed by atoms with Crippen molar-refractivity contribution in [1.82, 2.24) is 0 Å². The molecule has 0 spiro atoms. The van der Waals surface area contributed by atoms with Crippen LogP contribution in [0, 0.1) is 107 Å². The van der Waals surface area contributed by atoms with Gasteiger partial charge in [-0.25, -0.2) is 0 Å². The van der Waals surface area contributed by atoms with Crippen LogP contribution < -0.4 is 0 Å². The predicted octanol–water partition coefficient (Wildman–Crippen LogP) is -0.636. The minimum absolute atomic E-state index is 0.0931. The Balaban J connectivity index is 0.000000102. The fourth-order valence-electron chi connectivity index (χ4n) is 13.1. The maximum absolute atomic E-state index is 11.9. The van der Waals surface area contributed by atoms with Crippen molar-refractivity contribution in [2.75, 3.05) is 0 Å². The Morgan fingerprint density at radius 2 is 0.455 bits per heavy atom. The molecule has 14 atom stereocenters. The molecular formula is C37H32O18. The molecule has 18 heteroatoms. The van der Waals surface area contributed by atoms with Crippen molar-refractivity contribution < 1.29 is 86.0 Å². The van der Waals surface area contributed by atoms with E-state index in [1.54, 1.807) is 0 Å². The molecule has 288 valence electrons. The van der Waals surface area contributed by atoms with Gasteiger partial charge in [-0.3, -0.25) is 57.5 Å². The van der Waals surface area contributed by atoms with E-state index in [1.807, 2.05) is 0 Å². The average Bonchev–Trinajstić information content (AvgIpc) is 3.91. The average molecular weight is 765 g/mol. The Labute approximate surface area is 308 Å². The SMILES string of the molecule is O=C1OC(=O)C2CC1C1C3CC(C(=O)OC3=O)C21.O=C1OC(=O)C2CC1C1C3CC(C(=O)OC3=O)C21.O=C1OC(=O)C2CC1CC1C3CC(C(=O)OC3=O)C21. The van der Waals surface area contributed by atoms with Crippen molar-refractivity contribution in [2.24, 2.45) is 107 Å². The molecule has 6 aliphatic carbocycles. The van der Waals surface area contributed by atoms with Crippen LogP contribution in [0.15, 0.2) is 0 Å². The smallest absolute Gasteiger partial charge is 0.316 e. The number of hydrogen-bond acceptors (Lipinski definition) is 18. The molecule has 18 nitrogen and oxygen atoms in total. The van der Waals surface area contributed by atoms with Crippen molar-refractivity contribution in [3.05, 3.63) is 0 Å². The summed E-state index contributed by atoms with van der Waals surface area (Å²) in [4.78, 5) is 141. The summed E-state index contributed by atoms with van der Waals surface area (Å²) >= 11 is 0. The third kappa shape index (κ3) is 4.71. The Morgan fingerprint density at radius 1 is 0.236 bits per heavy atom. The molecule has 0 aromatic carbocycles. The second kappa shape index (κ2) is 11.7. The van der Waals surface area contributed by atoms with E-state index in [1.165, 1.54) is 0 Å². The highest BCUT2D eigenvalue weighted by molar-refractivity contribution is 5.99. The first-order valence-electron chi connectivity index (χ1n) is 18.7. The van der Waals surface area contributed by atoms with E-state index < -0.39 is 125 Å². The van der Waals surface area contributed by atoms with Crippen molar-refractivity contribution in [3.8, 4) is 0 Å². The van der Waals surface area contributed by atoms with Crippen LogP contribution in [-0.2, 0) is 86.0 Å². The standard InChI is InChI=1S/C13H12O6.2C12H10O6/c14-10-4-1-5-6-3-8(13(17)19-11(6)15)9(5)7(2-4)12(16)18-10;2*13-9-3-1-4(10(14)17-9)8-6-2-5(7(3)8)11(15)18-12(6)16/h4-9H,1-3H2;2*3-8H,1-2H2. The quantitative estimate of drug-likeness (QED) is 0.129. The van der Waals surface area contributed by atoms with Crippen LogP contribution in [0.3, 0.4) is 0 Å². The highest BCUT2D eigenvalue weighted by Gasteiger charge is 2.69. The summed E-state index contributed by atoms with van der Waals surface area (Å²) in [6.07, 6.45) is 3.10. The van der Waals surface area contributed by atoms with Gasteiger partial charge >= 0.3 is 71.6 Å². The fraction of sp³-hybridized carbons (Fsp3) is 0.676. The summed E-state index contributed by atoms with van der Waals surface area (Å²) < 4.78 is 28.3. The molecule has 0 N–H and O–H groups in total. The van der Waals surface area contributed by atoms with E-state index in [2.05, 4.69) is 0 Å². The van der Waals surface area contributed by atoms with E-state index in [4.69, 9.17) is 28.4 Å². The van der Waals surface area contributed by atoms with Gasteiger partial charge in [0.2, 0.25) is 0 Å². The number of fused-ring (bicyclic) bond motifs is 26. The van der Waals surface area contributed by atoms with Gasteiger partial charge in [0.25, 0.3) is 0 Å². The number of esters is 12. The van der Waals surface area contributed by atoms with Crippen LogP contribution in [0.25, 0.3) is 0 Å². The van der Waals surface area contributed by atoms with Crippen molar-refractivity contribution in [2.45, 2.75) is 44.9 Å². The summed E-state index contributed by atoms with van der Waals surface area (Å²) in [5.41, 5.74) is 0. The lowest BCUT2D eigenvalue weighted by molar-refractivity contribution is -0.181. The molecular weight excluding hydrogens is 732 g/mol. The lowest BCUT2D eigenvalue weighted by atomic mass is 9.64. The van der Waals surface area contributed by atoms with Crippen LogP contribution in [0.1, 0.15) is 44.9 Å². The molecule has 14 unspecified atom stereocenters. The number of ether oxygens (including phenoxy) is 6. The Kier molecular flexibility index (Phi) is 7.29. The van der Waals surface area contributed by atoms with E-state index in [0.717, 1.165) is 0 Å². The van der Waals surface area contributed by atoms with Crippen LogP contribution in [-0.4, -0.2) is 71.6 Å². The fourth-order valence-corrected chi connectivity index (χ4v) is 13.1. The minimum atomic E-state index is -0.545. The van der Waals surface area contributed by atoms with Gasteiger partial charge in [0.1, 0.15) is 0 Å². The molecule has 0 radical (unpaired) electrons. The summed E-state index contributed by atoms with van der Waals surface area (Å²) in [5, 5.41) is 0. The zero-order valence-electron chi connectivity index (χ0n) is 28.7. The summed E-state index contributed by atoms with van der Waals surface area (Å²) in [6, 6.07) is 0. The topological polar surface area (TPSA) is 260 Å². The van der Waals surface area contributed by atoms with Crippen LogP contribution in [0.4, 0.5) is 0 Å². The number of carbonyl (C=O) groups is 12. The Morgan fingerprint density at radius 3 is 0.764 bits per heavy atom. The van der Waals surface area contributed by atoms with Gasteiger partial charge < -0.3 is 28.4 Å². The highest BCUT2D eigenvalue weighted by Crippen LogP contribution is 2.62. The van der Waals surface area contributed by atoms with Gasteiger partial charge in [-0.1, -0.05) is 0 Å². The molecule has 12 rings (SSSR count). The van der Waals surface area contributed by atoms with Gasteiger partial charge in [-0.05, 0) is 80.5 Å². The summed E-state index contributed by atoms with van der Waals surface area (Å²) in [7, 11) is 0. The van der Waals surface area contributed by atoms with Gasteiger partial charge in [0.15, 0.2) is 0 Å². The first-order chi connectivity index (χ1) is 26.2.